The predicted molar refractivity (Wildman–Crippen MR) is 43.4 cm³/mol. The number of rotatable bonds is 3. The molecule has 1 aliphatic heterocycles. The topological polar surface area (TPSA) is 26.3 Å². The molecule has 2 nitrogen and oxygen atoms in total. The van der Waals surface area contributed by atoms with Gasteiger partial charge >= 0.3 is 0 Å². The first kappa shape index (κ1) is 8.72. The lowest BCUT2D eigenvalue weighted by molar-refractivity contribution is -0.118. The lowest BCUT2D eigenvalue weighted by Gasteiger charge is -2.26. The molecule has 0 aromatic carbocycles. The lowest BCUT2D eigenvalue weighted by Crippen LogP contribution is -2.28. The van der Waals surface area contributed by atoms with Crippen LogP contribution >= 0.6 is 0 Å². The van der Waals surface area contributed by atoms with Crippen molar-refractivity contribution in [2.75, 3.05) is 13.2 Å². The highest BCUT2D eigenvalue weighted by molar-refractivity contribution is 5.59. The van der Waals surface area contributed by atoms with E-state index >= 15 is 0 Å². The minimum Gasteiger partial charge on any atom is -0.381 e. The van der Waals surface area contributed by atoms with Gasteiger partial charge < -0.3 is 9.53 Å². The van der Waals surface area contributed by atoms with Crippen molar-refractivity contribution in [3.63, 3.8) is 0 Å². The zero-order valence-corrected chi connectivity index (χ0v) is 7.30. The largest absolute Gasteiger partial charge is 0.381 e. The Balaban J connectivity index is 2.59. The van der Waals surface area contributed by atoms with Crippen LogP contribution in [-0.2, 0) is 9.53 Å². The Hall–Kier alpha value is -0.370. The molecule has 0 amide bonds. The number of hydrogen-bond acceptors (Lipinski definition) is 2. The molecule has 0 N–H and O–H groups in total. The Kier molecular flexibility index (Phi) is 2.66. The van der Waals surface area contributed by atoms with Crippen LogP contribution in [0.1, 0.15) is 26.7 Å². The molecule has 2 atom stereocenters. The molecule has 0 spiro atoms. The summed E-state index contributed by atoms with van der Waals surface area (Å²) in [5.74, 6) is 0.449. The van der Waals surface area contributed by atoms with E-state index in [9.17, 15) is 4.79 Å². The van der Waals surface area contributed by atoms with Crippen LogP contribution in [0.3, 0.4) is 0 Å². The van der Waals surface area contributed by atoms with E-state index in [1.165, 1.54) is 0 Å². The monoisotopic (exact) mass is 156 g/mol. The van der Waals surface area contributed by atoms with Crippen LogP contribution in [0.2, 0.25) is 0 Å². The van der Waals surface area contributed by atoms with Gasteiger partial charge in [-0.3, -0.25) is 0 Å². The van der Waals surface area contributed by atoms with E-state index in [0.717, 1.165) is 32.3 Å². The van der Waals surface area contributed by atoms with Crippen LogP contribution in [0.4, 0.5) is 0 Å². The van der Waals surface area contributed by atoms with E-state index in [-0.39, 0.29) is 5.41 Å². The van der Waals surface area contributed by atoms with E-state index in [1.54, 1.807) is 0 Å². The molecule has 1 fully saturated rings. The average Bonchev–Trinajstić information content (AvgIpc) is 2.55. The van der Waals surface area contributed by atoms with Crippen molar-refractivity contribution in [2.45, 2.75) is 26.7 Å². The summed E-state index contributed by atoms with van der Waals surface area (Å²) in [5, 5.41) is 0. The molecule has 64 valence electrons. The fraction of sp³-hybridized carbons (Fsp3) is 0.889. The van der Waals surface area contributed by atoms with Crippen molar-refractivity contribution < 1.29 is 9.53 Å². The SMILES string of the molecule is CCC(C)(C=O)C1CCOC1. The van der Waals surface area contributed by atoms with E-state index in [0.29, 0.717) is 5.92 Å². The molecule has 1 rings (SSSR count). The van der Waals surface area contributed by atoms with E-state index < -0.39 is 0 Å². The van der Waals surface area contributed by atoms with Crippen LogP contribution in [0.25, 0.3) is 0 Å². The Labute approximate surface area is 67.9 Å². The third-order valence-corrected chi connectivity index (χ3v) is 2.89. The molecular formula is C9H16O2. The first-order valence-electron chi connectivity index (χ1n) is 4.27. The van der Waals surface area contributed by atoms with Gasteiger partial charge in [0.25, 0.3) is 0 Å². The Morgan fingerprint density at radius 1 is 1.73 bits per heavy atom. The molecule has 0 aromatic heterocycles. The number of carbonyl (C=O) groups is 1. The van der Waals surface area contributed by atoms with Gasteiger partial charge in [0.2, 0.25) is 0 Å². The molecule has 1 aliphatic rings. The molecule has 0 bridgehead atoms. The van der Waals surface area contributed by atoms with Crippen molar-refractivity contribution in [3.8, 4) is 0 Å². The summed E-state index contributed by atoms with van der Waals surface area (Å²) in [5.41, 5.74) is -0.142. The summed E-state index contributed by atoms with van der Waals surface area (Å²) in [6, 6.07) is 0. The first-order chi connectivity index (χ1) is 5.23. The summed E-state index contributed by atoms with van der Waals surface area (Å²) in [6.07, 6.45) is 3.06. The Bertz CT molecular complexity index is 138. The zero-order chi connectivity index (χ0) is 8.32. The van der Waals surface area contributed by atoms with Crippen molar-refractivity contribution >= 4 is 6.29 Å². The van der Waals surface area contributed by atoms with Crippen LogP contribution < -0.4 is 0 Å². The van der Waals surface area contributed by atoms with Gasteiger partial charge in [-0.1, -0.05) is 13.8 Å². The quantitative estimate of drug-likeness (QED) is 0.581. The smallest absolute Gasteiger partial charge is 0.126 e. The van der Waals surface area contributed by atoms with Gasteiger partial charge in [-0.25, -0.2) is 0 Å². The summed E-state index contributed by atoms with van der Waals surface area (Å²) < 4.78 is 5.25. The Morgan fingerprint density at radius 2 is 2.45 bits per heavy atom. The highest BCUT2D eigenvalue weighted by Crippen LogP contribution is 2.34. The second kappa shape index (κ2) is 3.35. The molecule has 2 unspecified atom stereocenters. The minimum atomic E-state index is -0.142. The maximum absolute atomic E-state index is 10.8. The third kappa shape index (κ3) is 1.62. The molecule has 1 saturated heterocycles. The molecule has 11 heavy (non-hydrogen) atoms. The summed E-state index contributed by atoms with van der Waals surface area (Å²) >= 11 is 0. The van der Waals surface area contributed by atoms with Crippen LogP contribution in [0.15, 0.2) is 0 Å². The van der Waals surface area contributed by atoms with Crippen molar-refractivity contribution in [1.82, 2.24) is 0 Å². The normalized spacial score (nSPS) is 29.8. The molecule has 0 saturated carbocycles. The van der Waals surface area contributed by atoms with Crippen molar-refractivity contribution in [2.24, 2.45) is 11.3 Å². The maximum Gasteiger partial charge on any atom is 0.126 e. The van der Waals surface area contributed by atoms with E-state index in [1.807, 2.05) is 6.92 Å². The second-order valence-corrected chi connectivity index (χ2v) is 3.54. The minimum absolute atomic E-state index is 0.142. The zero-order valence-electron chi connectivity index (χ0n) is 7.30. The average molecular weight is 156 g/mol. The fourth-order valence-corrected chi connectivity index (χ4v) is 1.52. The molecule has 0 radical (unpaired) electrons. The van der Waals surface area contributed by atoms with Crippen molar-refractivity contribution in [3.05, 3.63) is 0 Å². The molecule has 0 aromatic rings. The highest BCUT2D eigenvalue weighted by Gasteiger charge is 2.34. The van der Waals surface area contributed by atoms with Gasteiger partial charge in [-0.2, -0.15) is 0 Å². The maximum atomic E-state index is 10.8. The van der Waals surface area contributed by atoms with E-state index in [2.05, 4.69) is 6.92 Å². The van der Waals surface area contributed by atoms with Gasteiger partial charge in [-0.05, 0) is 18.8 Å². The molecule has 2 heteroatoms. The molecule has 1 heterocycles. The number of aldehydes is 1. The predicted octanol–water partition coefficient (Wildman–Crippen LogP) is 1.64. The summed E-state index contributed by atoms with van der Waals surface area (Å²) in [6.45, 7) is 5.68. The molecule has 0 aliphatic carbocycles. The fourth-order valence-electron chi connectivity index (χ4n) is 1.52. The number of hydrogen-bond donors (Lipinski definition) is 0. The lowest BCUT2D eigenvalue weighted by atomic mass is 9.76. The second-order valence-electron chi connectivity index (χ2n) is 3.54. The van der Waals surface area contributed by atoms with Gasteiger partial charge in [0.1, 0.15) is 6.29 Å². The van der Waals surface area contributed by atoms with Crippen molar-refractivity contribution in [1.29, 1.82) is 0 Å². The molecular weight excluding hydrogens is 140 g/mol. The standard InChI is InChI=1S/C9H16O2/c1-3-9(2,7-10)8-4-5-11-6-8/h7-8H,3-6H2,1-2H3. The van der Waals surface area contributed by atoms with Gasteiger partial charge in [0.15, 0.2) is 0 Å². The van der Waals surface area contributed by atoms with Crippen LogP contribution in [0, 0.1) is 11.3 Å². The van der Waals surface area contributed by atoms with Gasteiger partial charge in [-0.15, -0.1) is 0 Å². The third-order valence-electron chi connectivity index (χ3n) is 2.89. The van der Waals surface area contributed by atoms with Gasteiger partial charge in [0.05, 0.1) is 6.61 Å². The highest BCUT2D eigenvalue weighted by atomic mass is 16.5. The number of carbonyl (C=O) groups excluding carboxylic acids is 1. The number of ether oxygens (including phenoxy) is 1. The van der Waals surface area contributed by atoms with Crippen LogP contribution in [0.5, 0.6) is 0 Å². The summed E-state index contributed by atoms with van der Waals surface area (Å²) in [4.78, 5) is 10.8. The Morgan fingerprint density at radius 3 is 2.82 bits per heavy atom. The first-order valence-corrected chi connectivity index (χ1v) is 4.27. The van der Waals surface area contributed by atoms with Crippen LogP contribution in [-0.4, -0.2) is 19.5 Å². The van der Waals surface area contributed by atoms with E-state index in [4.69, 9.17) is 4.74 Å². The van der Waals surface area contributed by atoms with Gasteiger partial charge in [0, 0.05) is 12.0 Å². The summed E-state index contributed by atoms with van der Waals surface area (Å²) in [7, 11) is 0.